The van der Waals surface area contributed by atoms with Crippen molar-refractivity contribution in [1.82, 2.24) is 4.90 Å². The molecule has 2 bridgehead atoms. The number of aryl methyl sites for hydroxylation is 1. The molecule has 2 heterocycles. The fourth-order valence-electron chi connectivity index (χ4n) is 5.01. The zero-order valence-electron chi connectivity index (χ0n) is 21.0. The Morgan fingerprint density at radius 1 is 1.03 bits per heavy atom. The van der Waals surface area contributed by atoms with Crippen molar-refractivity contribution in [2.75, 3.05) is 6.61 Å². The minimum atomic E-state index is -1.35. The largest absolute Gasteiger partial charge is 0.488 e. The predicted octanol–water partition coefficient (Wildman–Crippen LogP) is 6.13. The number of benzene rings is 2. The summed E-state index contributed by atoms with van der Waals surface area (Å²) in [5.41, 5.74) is 1.97. The van der Waals surface area contributed by atoms with E-state index in [-0.39, 0.29) is 18.2 Å². The van der Waals surface area contributed by atoms with E-state index in [0.717, 1.165) is 17.2 Å². The maximum absolute atomic E-state index is 13.7. The molecule has 1 fully saturated rings. The van der Waals surface area contributed by atoms with Crippen molar-refractivity contribution in [3.63, 3.8) is 0 Å². The third-order valence-corrected chi connectivity index (χ3v) is 6.60. The van der Waals surface area contributed by atoms with E-state index < -0.39 is 46.9 Å². The number of aliphatic carboxylic acids is 1. The van der Waals surface area contributed by atoms with E-state index in [1.165, 1.54) is 0 Å². The predicted molar refractivity (Wildman–Crippen MR) is 131 cm³/mol. The van der Waals surface area contributed by atoms with Crippen molar-refractivity contribution in [1.29, 1.82) is 0 Å². The molecule has 0 saturated carbocycles. The van der Waals surface area contributed by atoms with Gasteiger partial charge in [-0.25, -0.2) is 18.4 Å². The van der Waals surface area contributed by atoms with Gasteiger partial charge >= 0.3 is 12.1 Å². The summed E-state index contributed by atoms with van der Waals surface area (Å²) in [6.45, 7) is 5.34. The molecule has 2 aliphatic heterocycles. The van der Waals surface area contributed by atoms with E-state index in [0.29, 0.717) is 43.7 Å². The molecule has 2 aliphatic rings. The molecule has 2 atom stereocenters. The quantitative estimate of drug-likeness (QED) is 0.354. The lowest BCUT2D eigenvalue weighted by atomic mass is 9.88. The number of carboxylic acid groups (broad SMARTS) is 1. The Hall–Kier alpha value is -3.49. The molecule has 4 rings (SSSR count). The van der Waals surface area contributed by atoms with Gasteiger partial charge in [0.15, 0.2) is 17.4 Å². The van der Waals surface area contributed by atoms with E-state index in [9.17, 15) is 27.9 Å². The summed E-state index contributed by atoms with van der Waals surface area (Å²) in [5.74, 6) is -5.26. The van der Waals surface area contributed by atoms with Crippen LogP contribution < -0.4 is 4.74 Å². The van der Waals surface area contributed by atoms with Gasteiger partial charge in [0, 0.05) is 6.04 Å². The van der Waals surface area contributed by atoms with Crippen molar-refractivity contribution < 1.29 is 37.3 Å². The lowest BCUT2D eigenvalue weighted by molar-refractivity contribution is -0.133. The highest BCUT2D eigenvalue weighted by Crippen LogP contribution is 2.43. The van der Waals surface area contributed by atoms with Gasteiger partial charge in [-0.2, -0.15) is 4.39 Å². The normalized spacial score (nSPS) is 19.2. The van der Waals surface area contributed by atoms with E-state index in [1.807, 2.05) is 24.3 Å². The van der Waals surface area contributed by atoms with Crippen LogP contribution in [0.3, 0.4) is 0 Å². The maximum atomic E-state index is 13.7. The van der Waals surface area contributed by atoms with Gasteiger partial charge in [-0.1, -0.05) is 24.3 Å². The number of amides is 1. The van der Waals surface area contributed by atoms with Crippen molar-refractivity contribution in [2.45, 2.75) is 70.6 Å². The summed E-state index contributed by atoms with van der Waals surface area (Å²) in [6, 6.07) is 8.29. The van der Waals surface area contributed by atoms with Crippen LogP contribution in [0, 0.1) is 17.5 Å². The number of rotatable bonds is 7. The van der Waals surface area contributed by atoms with Crippen molar-refractivity contribution in [3.05, 3.63) is 70.5 Å². The van der Waals surface area contributed by atoms with E-state index >= 15 is 0 Å². The van der Waals surface area contributed by atoms with Crippen LogP contribution in [0.25, 0.3) is 5.57 Å². The lowest BCUT2D eigenvalue weighted by Gasteiger charge is -2.37. The molecule has 9 heteroatoms. The van der Waals surface area contributed by atoms with Crippen LogP contribution >= 0.6 is 0 Å². The number of hydrogen-bond donors (Lipinski definition) is 1. The lowest BCUT2D eigenvalue weighted by Crippen LogP contribution is -2.48. The average Bonchev–Trinajstić information content (AvgIpc) is 3.13. The van der Waals surface area contributed by atoms with E-state index in [2.05, 4.69) is 0 Å². The van der Waals surface area contributed by atoms with E-state index in [1.54, 1.807) is 25.7 Å². The summed E-state index contributed by atoms with van der Waals surface area (Å²) >= 11 is 0. The number of ether oxygens (including phenoxy) is 2. The highest BCUT2D eigenvalue weighted by Gasteiger charge is 2.47. The van der Waals surface area contributed by atoms with Gasteiger partial charge in [0.2, 0.25) is 5.82 Å². The summed E-state index contributed by atoms with van der Waals surface area (Å²) in [4.78, 5) is 26.7. The Labute approximate surface area is 213 Å². The summed E-state index contributed by atoms with van der Waals surface area (Å²) in [6.07, 6.45) is 2.19. The first-order valence-electron chi connectivity index (χ1n) is 12.3. The van der Waals surface area contributed by atoms with Gasteiger partial charge in [-0.15, -0.1) is 0 Å². The van der Waals surface area contributed by atoms with Crippen molar-refractivity contribution >= 4 is 17.6 Å². The summed E-state index contributed by atoms with van der Waals surface area (Å²) in [5, 5.41) is 10.0. The first-order valence-corrected chi connectivity index (χ1v) is 12.3. The summed E-state index contributed by atoms with van der Waals surface area (Å²) in [7, 11) is 0. The highest BCUT2D eigenvalue weighted by atomic mass is 19.2. The Morgan fingerprint density at radius 2 is 1.70 bits per heavy atom. The number of carbonyl (C=O) groups excluding carboxylic acids is 1. The third-order valence-electron chi connectivity index (χ3n) is 6.60. The Balaban J connectivity index is 1.44. The van der Waals surface area contributed by atoms with Gasteiger partial charge in [0.1, 0.15) is 5.60 Å². The standard InChI is InChI=1S/C28H30F3NO5/c1-28(2,3)37-27(35)32-18-10-13-22(32)23(26(33)34)19(15-18)17-8-6-16(7-9-17)5-4-14-36-25-21(30)12-11-20(29)24(25)31/h6-9,11-12,18,22H,4-5,10,13-15H2,1-3H3,(H,33,34)/t18-,22?/m0/s1. The topological polar surface area (TPSA) is 76.1 Å². The number of halogens is 3. The molecule has 2 aromatic carbocycles. The minimum absolute atomic E-state index is 0.00276. The fraction of sp³-hybridized carbons (Fsp3) is 0.429. The number of nitrogens with zero attached hydrogens (tertiary/aromatic N) is 1. The molecule has 1 unspecified atom stereocenters. The molecule has 0 aromatic heterocycles. The second-order valence-electron chi connectivity index (χ2n) is 10.4. The Kier molecular flexibility index (Phi) is 7.52. The van der Waals surface area contributed by atoms with E-state index in [4.69, 9.17) is 9.47 Å². The van der Waals surface area contributed by atoms with Gasteiger partial charge in [0.25, 0.3) is 0 Å². The molecular weight excluding hydrogens is 487 g/mol. The second kappa shape index (κ2) is 10.5. The van der Waals surface area contributed by atoms with Crippen molar-refractivity contribution in [3.8, 4) is 5.75 Å². The molecule has 0 aliphatic carbocycles. The number of carboxylic acids is 1. The molecule has 2 aromatic rings. The molecule has 6 nitrogen and oxygen atoms in total. The Bertz CT molecular complexity index is 1220. The number of hydrogen-bond acceptors (Lipinski definition) is 4. The van der Waals surface area contributed by atoms with Gasteiger partial charge in [0.05, 0.1) is 18.2 Å². The van der Waals surface area contributed by atoms with Crippen LogP contribution in [0.1, 0.15) is 57.6 Å². The molecule has 198 valence electrons. The van der Waals surface area contributed by atoms with Crippen LogP contribution in [0.15, 0.2) is 42.0 Å². The van der Waals surface area contributed by atoms with Crippen LogP contribution in [-0.4, -0.2) is 46.4 Å². The first-order chi connectivity index (χ1) is 17.5. The zero-order valence-corrected chi connectivity index (χ0v) is 21.0. The fourth-order valence-corrected chi connectivity index (χ4v) is 5.01. The van der Waals surface area contributed by atoms with Gasteiger partial charge in [-0.05, 0) is 81.7 Å². The van der Waals surface area contributed by atoms with Gasteiger partial charge in [-0.3, -0.25) is 4.90 Å². The highest BCUT2D eigenvalue weighted by molar-refractivity contribution is 5.99. The summed E-state index contributed by atoms with van der Waals surface area (Å²) < 4.78 is 51.3. The first kappa shape index (κ1) is 26.6. The molecule has 1 amide bonds. The van der Waals surface area contributed by atoms with Gasteiger partial charge < -0.3 is 14.6 Å². The average molecular weight is 518 g/mol. The van der Waals surface area contributed by atoms with Crippen LogP contribution in [-0.2, 0) is 16.0 Å². The SMILES string of the molecule is CC(C)(C)OC(=O)N1C2CC[C@H]1CC(c1ccc(CCCOc3c(F)ccc(F)c3F)cc1)=C2C(=O)O. The minimum Gasteiger partial charge on any atom is -0.488 e. The molecule has 0 spiro atoms. The number of carbonyl (C=O) groups is 2. The van der Waals surface area contributed by atoms with Crippen LogP contribution in [0.2, 0.25) is 0 Å². The molecule has 1 N–H and O–H groups in total. The third kappa shape index (κ3) is 5.76. The molecule has 37 heavy (non-hydrogen) atoms. The Morgan fingerprint density at radius 3 is 2.35 bits per heavy atom. The molecule has 0 radical (unpaired) electrons. The van der Waals surface area contributed by atoms with Crippen molar-refractivity contribution in [2.24, 2.45) is 0 Å². The van der Waals surface area contributed by atoms with Crippen LogP contribution in [0.5, 0.6) is 5.75 Å². The monoisotopic (exact) mass is 517 g/mol. The maximum Gasteiger partial charge on any atom is 0.411 e. The van der Waals surface area contributed by atoms with Crippen LogP contribution in [0.4, 0.5) is 18.0 Å². The number of fused-ring (bicyclic) bond motifs is 2. The zero-order chi connectivity index (χ0) is 26.9. The smallest absolute Gasteiger partial charge is 0.411 e. The second-order valence-corrected chi connectivity index (χ2v) is 10.4. The molecule has 1 saturated heterocycles. The molecular formula is C28H30F3NO5.